The van der Waals surface area contributed by atoms with Crippen molar-refractivity contribution in [1.82, 2.24) is 5.32 Å². The number of nitrogens with one attached hydrogen (secondary N) is 1. The van der Waals surface area contributed by atoms with Crippen LogP contribution in [-0.2, 0) is 14.3 Å². The van der Waals surface area contributed by atoms with E-state index in [-0.39, 0.29) is 18.6 Å². The maximum Gasteiger partial charge on any atom is 0.471 e. The molecule has 1 fully saturated rings. The molecule has 1 aliphatic carbocycles. The van der Waals surface area contributed by atoms with Gasteiger partial charge in [0.15, 0.2) is 0 Å². The van der Waals surface area contributed by atoms with Crippen molar-refractivity contribution in [3.05, 3.63) is 0 Å². The Kier molecular flexibility index (Phi) is 4.77. The van der Waals surface area contributed by atoms with Crippen molar-refractivity contribution in [2.45, 2.75) is 38.0 Å². The van der Waals surface area contributed by atoms with E-state index in [2.05, 4.69) is 0 Å². The van der Waals surface area contributed by atoms with Crippen molar-refractivity contribution in [2.24, 2.45) is 5.92 Å². The first kappa shape index (κ1) is 13.8. The van der Waals surface area contributed by atoms with Crippen molar-refractivity contribution in [3.8, 4) is 0 Å². The van der Waals surface area contributed by atoms with Gasteiger partial charge in [-0.25, -0.2) is 0 Å². The average Bonchev–Trinajstić information content (AvgIpc) is 2.27. The van der Waals surface area contributed by atoms with Crippen LogP contribution in [0, 0.1) is 5.92 Å². The van der Waals surface area contributed by atoms with Crippen LogP contribution in [0.5, 0.6) is 0 Å². The summed E-state index contributed by atoms with van der Waals surface area (Å²) in [4.78, 5) is 20.6. The van der Waals surface area contributed by atoms with Crippen molar-refractivity contribution < 1.29 is 27.5 Å². The van der Waals surface area contributed by atoms with Gasteiger partial charge < -0.3 is 10.1 Å². The average molecular weight is 253 g/mol. The van der Waals surface area contributed by atoms with Crippen molar-refractivity contribution in [3.63, 3.8) is 0 Å². The fourth-order valence-corrected chi connectivity index (χ4v) is 1.89. The van der Waals surface area contributed by atoms with Gasteiger partial charge in [0.1, 0.15) is 6.10 Å². The monoisotopic (exact) mass is 253 g/mol. The lowest BCUT2D eigenvalue weighted by atomic mass is 9.87. The highest BCUT2D eigenvalue weighted by atomic mass is 19.4. The summed E-state index contributed by atoms with van der Waals surface area (Å²) in [6, 6.07) is 0. The molecule has 4 nitrogen and oxygen atoms in total. The van der Waals surface area contributed by atoms with Gasteiger partial charge in [-0.1, -0.05) is 0 Å². The van der Waals surface area contributed by atoms with Crippen LogP contribution >= 0.6 is 0 Å². The molecule has 17 heavy (non-hydrogen) atoms. The molecule has 0 unspecified atom stereocenters. The third-order valence-electron chi connectivity index (χ3n) is 2.85. The molecule has 1 saturated carbocycles. The number of halogens is 3. The number of carbonyl (C=O) groups is 2. The van der Waals surface area contributed by atoms with Gasteiger partial charge in [-0.05, 0) is 31.6 Å². The Labute approximate surface area is 96.5 Å². The van der Waals surface area contributed by atoms with Crippen LogP contribution < -0.4 is 5.32 Å². The Hall–Kier alpha value is -1.27. The van der Waals surface area contributed by atoms with Gasteiger partial charge in [-0.3, -0.25) is 9.59 Å². The molecule has 98 valence electrons. The highest BCUT2D eigenvalue weighted by molar-refractivity contribution is 5.81. The molecular formula is C10H14F3NO3. The maximum absolute atomic E-state index is 11.9. The minimum atomic E-state index is -4.82. The quantitative estimate of drug-likeness (QED) is 0.770. The fourth-order valence-electron chi connectivity index (χ4n) is 1.89. The van der Waals surface area contributed by atoms with E-state index < -0.39 is 12.1 Å². The van der Waals surface area contributed by atoms with E-state index in [1.807, 2.05) is 5.32 Å². The topological polar surface area (TPSA) is 55.4 Å². The summed E-state index contributed by atoms with van der Waals surface area (Å²) in [5.41, 5.74) is 0. The zero-order valence-electron chi connectivity index (χ0n) is 9.13. The molecule has 0 spiro atoms. The fraction of sp³-hybridized carbons (Fsp3) is 0.800. The van der Waals surface area contributed by atoms with Crippen LogP contribution in [-0.4, -0.2) is 31.2 Å². The molecule has 1 rings (SSSR count). The Morgan fingerprint density at radius 3 is 2.35 bits per heavy atom. The smallest absolute Gasteiger partial charge is 0.465 e. The maximum atomic E-state index is 11.9. The van der Waals surface area contributed by atoms with E-state index in [0.717, 1.165) is 0 Å². The van der Waals surface area contributed by atoms with Gasteiger partial charge in [0.2, 0.25) is 0 Å². The van der Waals surface area contributed by atoms with Gasteiger partial charge in [-0.15, -0.1) is 0 Å². The summed E-state index contributed by atoms with van der Waals surface area (Å²) < 4.78 is 40.4. The van der Waals surface area contributed by atoms with Gasteiger partial charge in [0, 0.05) is 6.54 Å². The zero-order chi connectivity index (χ0) is 12.9. The summed E-state index contributed by atoms with van der Waals surface area (Å²) in [6.07, 6.45) is -2.40. The first-order chi connectivity index (χ1) is 7.93. The first-order valence-corrected chi connectivity index (χ1v) is 5.37. The number of alkyl halides is 3. The molecule has 0 bridgehead atoms. The van der Waals surface area contributed by atoms with Gasteiger partial charge >= 0.3 is 12.1 Å². The van der Waals surface area contributed by atoms with Gasteiger partial charge in [0.25, 0.3) is 6.47 Å². The number of hydrogen-bond donors (Lipinski definition) is 1. The van der Waals surface area contributed by atoms with Crippen LogP contribution in [0.25, 0.3) is 0 Å². The van der Waals surface area contributed by atoms with Crippen LogP contribution in [0.2, 0.25) is 0 Å². The van der Waals surface area contributed by atoms with Gasteiger partial charge in [0.05, 0.1) is 0 Å². The third-order valence-corrected chi connectivity index (χ3v) is 2.85. The molecule has 0 saturated heterocycles. The standard InChI is InChI=1S/C10H14F3NO3/c11-10(12,13)9(16)14-5-7-1-3-8(4-2-7)17-6-15/h6-8H,1-5H2,(H,14,16). The molecule has 0 atom stereocenters. The van der Waals surface area contributed by atoms with Crippen LogP contribution in [0.1, 0.15) is 25.7 Å². The number of ether oxygens (including phenoxy) is 1. The highest BCUT2D eigenvalue weighted by Crippen LogP contribution is 2.25. The zero-order valence-corrected chi connectivity index (χ0v) is 9.13. The third kappa shape index (κ3) is 4.62. The summed E-state index contributed by atoms with van der Waals surface area (Å²) in [7, 11) is 0. The highest BCUT2D eigenvalue weighted by Gasteiger charge is 2.38. The number of carbonyl (C=O) groups excluding carboxylic acids is 2. The predicted molar refractivity (Wildman–Crippen MR) is 52.0 cm³/mol. The lowest BCUT2D eigenvalue weighted by Crippen LogP contribution is -2.40. The minimum absolute atomic E-state index is 0.0200. The molecule has 0 aliphatic heterocycles. The van der Waals surface area contributed by atoms with E-state index in [9.17, 15) is 22.8 Å². The summed E-state index contributed by atoms with van der Waals surface area (Å²) >= 11 is 0. The van der Waals surface area contributed by atoms with Crippen molar-refractivity contribution in [2.75, 3.05) is 6.54 Å². The molecule has 0 aromatic heterocycles. The van der Waals surface area contributed by atoms with Crippen LogP contribution in [0.15, 0.2) is 0 Å². The molecule has 7 heteroatoms. The van der Waals surface area contributed by atoms with Crippen molar-refractivity contribution in [1.29, 1.82) is 0 Å². The molecule has 0 aromatic rings. The van der Waals surface area contributed by atoms with Gasteiger partial charge in [-0.2, -0.15) is 13.2 Å². The van der Waals surface area contributed by atoms with E-state index in [0.29, 0.717) is 32.2 Å². The Bertz CT molecular complexity index is 272. The lowest BCUT2D eigenvalue weighted by Gasteiger charge is -2.27. The Balaban J connectivity index is 2.23. The van der Waals surface area contributed by atoms with Crippen molar-refractivity contribution >= 4 is 12.4 Å². The number of rotatable bonds is 4. The second-order valence-corrected chi connectivity index (χ2v) is 4.08. The van der Waals surface area contributed by atoms with Crippen LogP contribution in [0.3, 0.4) is 0 Å². The molecule has 0 radical (unpaired) electrons. The lowest BCUT2D eigenvalue weighted by molar-refractivity contribution is -0.173. The molecule has 0 heterocycles. The van der Waals surface area contributed by atoms with E-state index in [1.54, 1.807) is 0 Å². The molecule has 0 aromatic carbocycles. The first-order valence-electron chi connectivity index (χ1n) is 5.37. The number of hydrogen-bond acceptors (Lipinski definition) is 3. The number of amides is 1. The SMILES string of the molecule is O=COC1CCC(CNC(=O)C(F)(F)F)CC1. The normalized spacial score (nSPS) is 25.1. The predicted octanol–water partition coefficient (Wildman–Crippen LogP) is 1.40. The summed E-state index contributed by atoms with van der Waals surface area (Å²) in [6.45, 7) is 0.405. The summed E-state index contributed by atoms with van der Waals surface area (Å²) in [5, 5.41) is 1.86. The van der Waals surface area contributed by atoms with E-state index in [1.165, 1.54) is 0 Å². The second kappa shape index (κ2) is 5.88. The summed E-state index contributed by atoms with van der Waals surface area (Å²) in [5.74, 6) is -1.88. The Morgan fingerprint density at radius 1 is 1.29 bits per heavy atom. The molecule has 1 N–H and O–H groups in total. The largest absolute Gasteiger partial charge is 0.471 e. The molecule has 1 aliphatic rings. The Morgan fingerprint density at radius 2 is 1.88 bits per heavy atom. The molecule has 1 amide bonds. The van der Waals surface area contributed by atoms with E-state index in [4.69, 9.17) is 4.74 Å². The van der Waals surface area contributed by atoms with Crippen LogP contribution in [0.4, 0.5) is 13.2 Å². The molecular weight excluding hydrogens is 239 g/mol. The van der Waals surface area contributed by atoms with E-state index >= 15 is 0 Å². The minimum Gasteiger partial charge on any atom is -0.465 e. The second-order valence-electron chi connectivity index (χ2n) is 4.08.